The summed E-state index contributed by atoms with van der Waals surface area (Å²) in [6.45, 7) is 4.48. The number of rotatable bonds is 5. The quantitative estimate of drug-likeness (QED) is 0.777. The molecular formula is C13H14N2O2S. The smallest absolute Gasteiger partial charge is 0.206 e. The molecule has 0 amide bonds. The molecule has 0 spiro atoms. The monoisotopic (exact) mass is 262 g/mol. The summed E-state index contributed by atoms with van der Waals surface area (Å²) in [7, 11) is 0. The zero-order valence-corrected chi connectivity index (χ0v) is 11.2. The molecule has 2 aromatic heterocycles. The summed E-state index contributed by atoms with van der Waals surface area (Å²) in [5, 5.41) is 0. The van der Waals surface area contributed by atoms with Gasteiger partial charge in [-0.05, 0) is 19.4 Å². The highest BCUT2D eigenvalue weighted by molar-refractivity contribution is 7.12. The molecular weight excluding hydrogens is 248 g/mol. The van der Waals surface area contributed by atoms with Gasteiger partial charge in [0.1, 0.15) is 5.75 Å². The largest absolute Gasteiger partial charge is 0.492 e. The van der Waals surface area contributed by atoms with Crippen LogP contribution in [0.5, 0.6) is 5.75 Å². The Kier molecular flexibility index (Phi) is 4.04. The van der Waals surface area contributed by atoms with Gasteiger partial charge >= 0.3 is 0 Å². The first-order chi connectivity index (χ1) is 8.72. The first-order valence-corrected chi connectivity index (χ1v) is 6.63. The minimum absolute atomic E-state index is 0.0514. The van der Waals surface area contributed by atoms with E-state index in [1.807, 2.05) is 13.8 Å². The van der Waals surface area contributed by atoms with E-state index in [1.165, 1.54) is 11.3 Å². The number of hydrogen-bond acceptors (Lipinski definition) is 5. The van der Waals surface area contributed by atoms with Crippen LogP contribution in [0.2, 0.25) is 0 Å². The summed E-state index contributed by atoms with van der Waals surface area (Å²) < 4.78 is 5.47. The van der Waals surface area contributed by atoms with Gasteiger partial charge in [-0.15, -0.1) is 11.3 Å². The molecule has 0 aliphatic rings. The van der Waals surface area contributed by atoms with Crippen molar-refractivity contribution in [3.8, 4) is 5.75 Å². The molecule has 0 radical (unpaired) electrons. The molecule has 94 valence electrons. The Balaban J connectivity index is 2.23. The molecule has 0 aromatic carbocycles. The van der Waals surface area contributed by atoms with Crippen LogP contribution in [0.3, 0.4) is 0 Å². The molecule has 4 nitrogen and oxygen atoms in total. The lowest BCUT2D eigenvalue weighted by Gasteiger charge is -2.05. The third-order valence-corrected chi connectivity index (χ3v) is 3.33. The lowest BCUT2D eigenvalue weighted by molar-refractivity contribution is 0.104. The second-order valence-corrected chi connectivity index (χ2v) is 4.71. The fourth-order valence-electron chi connectivity index (χ4n) is 1.49. The standard InChI is InChI=1S/C13H14N2O2S/c1-3-4-17-11-5-10(6-14-7-11)12(16)13-9(2)15-8-18-13/h5-8H,3-4H2,1-2H3. The molecule has 2 heterocycles. The Morgan fingerprint density at radius 1 is 1.44 bits per heavy atom. The second-order valence-electron chi connectivity index (χ2n) is 3.85. The molecule has 0 aliphatic heterocycles. The van der Waals surface area contributed by atoms with Gasteiger partial charge in [-0.25, -0.2) is 4.98 Å². The molecule has 0 saturated carbocycles. The maximum Gasteiger partial charge on any atom is 0.206 e. The van der Waals surface area contributed by atoms with Gasteiger partial charge < -0.3 is 4.74 Å². The molecule has 0 saturated heterocycles. The van der Waals surface area contributed by atoms with Crippen molar-refractivity contribution in [1.82, 2.24) is 9.97 Å². The number of aryl methyl sites for hydroxylation is 1. The Labute approximate surface area is 110 Å². The number of aromatic nitrogens is 2. The van der Waals surface area contributed by atoms with E-state index < -0.39 is 0 Å². The molecule has 0 fully saturated rings. The lowest BCUT2D eigenvalue weighted by Crippen LogP contribution is -2.03. The van der Waals surface area contributed by atoms with Gasteiger partial charge in [0, 0.05) is 11.8 Å². The molecule has 0 bridgehead atoms. The fourth-order valence-corrected chi connectivity index (χ4v) is 2.26. The van der Waals surface area contributed by atoms with Gasteiger partial charge in [0.05, 0.1) is 28.9 Å². The van der Waals surface area contributed by atoms with E-state index in [0.717, 1.165) is 12.1 Å². The summed E-state index contributed by atoms with van der Waals surface area (Å²) in [5.41, 5.74) is 2.97. The molecule has 5 heteroatoms. The molecule has 0 unspecified atom stereocenters. The van der Waals surface area contributed by atoms with Gasteiger partial charge in [0.15, 0.2) is 0 Å². The van der Waals surface area contributed by atoms with Crippen molar-refractivity contribution in [2.75, 3.05) is 6.61 Å². The number of ketones is 1. The first-order valence-electron chi connectivity index (χ1n) is 5.75. The van der Waals surface area contributed by atoms with Gasteiger partial charge in [0.2, 0.25) is 5.78 Å². The van der Waals surface area contributed by atoms with E-state index in [2.05, 4.69) is 9.97 Å². The van der Waals surface area contributed by atoms with E-state index >= 15 is 0 Å². The van der Waals surface area contributed by atoms with Crippen LogP contribution in [0.15, 0.2) is 24.0 Å². The number of carbonyl (C=O) groups is 1. The van der Waals surface area contributed by atoms with Crippen LogP contribution in [-0.2, 0) is 0 Å². The van der Waals surface area contributed by atoms with Crippen LogP contribution in [0.1, 0.15) is 34.3 Å². The molecule has 0 aliphatic carbocycles. The summed E-state index contributed by atoms with van der Waals surface area (Å²) in [4.78, 5) is 21.0. The van der Waals surface area contributed by atoms with E-state index in [1.54, 1.807) is 24.0 Å². The normalized spacial score (nSPS) is 10.3. The fraction of sp³-hybridized carbons (Fsp3) is 0.308. The zero-order chi connectivity index (χ0) is 13.0. The van der Waals surface area contributed by atoms with Crippen molar-refractivity contribution in [2.45, 2.75) is 20.3 Å². The van der Waals surface area contributed by atoms with Crippen LogP contribution in [-0.4, -0.2) is 22.4 Å². The first kappa shape index (κ1) is 12.7. The zero-order valence-electron chi connectivity index (χ0n) is 10.3. The van der Waals surface area contributed by atoms with Crippen LogP contribution in [0.4, 0.5) is 0 Å². The van der Waals surface area contributed by atoms with Crippen LogP contribution in [0.25, 0.3) is 0 Å². The van der Waals surface area contributed by atoms with Crippen LogP contribution >= 0.6 is 11.3 Å². The third kappa shape index (κ3) is 2.73. The van der Waals surface area contributed by atoms with E-state index in [4.69, 9.17) is 4.74 Å². The van der Waals surface area contributed by atoms with Gasteiger partial charge in [-0.2, -0.15) is 0 Å². The van der Waals surface area contributed by atoms with Crippen molar-refractivity contribution < 1.29 is 9.53 Å². The predicted molar refractivity (Wildman–Crippen MR) is 70.3 cm³/mol. The number of thiazole rings is 1. The Bertz CT molecular complexity index is 551. The Morgan fingerprint density at radius 3 is 2.94 bits per heavy atom. The van der Waals surface area contributed by atoms with Crippen LogP contribution < -0.4 is 4.74 Å². The number of nitrogens with zero attached hydrogens (tertiary/aromatic N) is 2. The maximum absolute atomic E-state index is 12.2. The minimum Gasteiger partial charge on any atom is -0.492 e. The molecule has 0 atom stereocenters. The number of carbonyl (C=O) groups excluding carboxylic acids is 1. The number of ether oxygens (including phenoxy) is 1. The average Bonchev–Trinajstić information content (AvgIpc) is 2.82. The second kappa shape index (κ2) is 5.73. The van der Waals surface area contributed by atoms with Crippen molar-refractivity contribution in [3.05, 3.63) is 40.1 Å². The third-order valence-electron chi connectivity index (χ3n) is 2.40. The molecule has 0 N–H and O–H groups in total. The number of pyridine rings is 1. The van der Waals surface area contributed by atoms with Crippen molar-refractivity contribution in [3.63, 3.8) is 0 Å². The summed E-state index contributed by atoms with van der Waals surface area (Å²) in [6.07, 6.45) is 4.10. The van der Waals surface area contributed by atoms with Crippen LogP contribution in [0, 0.1) is 6.92 Å². The number of hydrogen-bond donors (Lipinski definition) is 0. The summed E-state index contributed by atoms with van der Waals surface area (Å²) in [5.74, 6) is 0.578. The van der Waals surface area contributed by atoms with Crippen molar-refractivity contribution >= 4 is 17.1 Å². The maximum atomic E-state index is 12.2. The predicted octanol–water partition coefficient (Wildman–Crippen LogP) is 2.87. The minimum atomic E-state index is -0.0514. The SMILES string of the molecule is CCCOc1cncc(C(=O)c2scnc2C)c1. The van der Waals surface area contributed by atoms with Crippen molar-refractivity contribution in [2.24, 2.45) is 0 Å². The highest BCUT2D eigenvalue weighted by Crippen LogP contribution is 2.19. The highest BCUT2D eigenvalue weighted by Gasteiger charge is 2.15. The summed E-state index contributed by atoms with van der Waals surface area (Å²) in [6, 6.07) is 1.73. The Morgan fingerprint density at radius 2 is 2.28 bits per heavy atom. The van der Waals surface area contributed by atoms with E-state index in [9.17, 15) is 4.79 Å². The molecule has 18 heavy (non-hydrogen) atoms. The van der Waals surface area contributed by atoms with E-state index in [0.29, 0.717) is 22.8 Å². The van der Waals surface area contributed by atoms with Crippen molar-refractivity contribution in [1.29, 1.82) is 0 Å². The van der Waals surface area contributed by atoms with Gasteiger partial charge in [0.25, 0.3) is 0 Å². The van der Waals surface area contributed by atoms with Gasteiger partial charge in [-0.1, -0.05) is 6.92 Å². The summed E-state index contributed by atoms with van der Waals surface area (Å²) >= 11 is 1.35. The topological polar surface area (TPSA) is 52.1 Å². The molecule has 2 aromatic rings. The van der Waals surface area contributed by atoms with Gasteiger partial charge in [-0.3, -0.25) is 9.78 Å². The lowest BCUT2D eigenvalue weighted by atomic mass is 10.1. The Hall–Kier alpha value is -1.75. The van der Waals surface area contributed by atoms with E-state index in [-0.39, 0.29) is 5.78 Å². The average molecular weight is 262 g/mol. The highest BCUT2D eigenvalue weighted by atomic mass is 32.1. The molecule has 2 rings (SSSR count).